The van der Waals surface area contributed by atoms with Crippen molar-refractivity contribution in [2.75, 3.05) is 6.61 Å². The van der Waals surface area contributed by atoms with Gasteiger partial charge in [0, 0.05) is 6.42 Å². The Morgan fingerprint density at radius 1 is 0.453 bits per heavy atom. The molecule has 0 fully saturated rings. The van der Waals surface area contributed by atoms with Crippen molar-refractivity contribution in [2.24, 2.45) is 0 Å². The van der Waals surface area contributed by atoms with Gasteiger partial charge in [-0.25, -0.2) is 0 Å². The molecule has 0 aliphatic rings. The van der Waals surface area contributed by atoms with Crippen molar-refractivity contribution < 1.29 is 20.1 Å². The van der Waals surface area contributed by atoms with Gasteiger partial charge in [0.15, 0.2) is 0 Å². The first-order valence-electron chi connectivity index (χ1n) is 24.0. The van der Waals surface area contributed by atoms with E-state index < -0.39 is 18.2 Å². The number of hydrogen-bond donors (Lipinski definition) is 4. The minimum absolute atomic E-state index is 0.151. The van der Waals surface area contributed by atoms with E-state index in [1.54, 1.807) is 0 Å². The summed E-state index contributed by atoms with van der Waals surface area (Å²) in [6.07, 6.45) is 52.2. The molecule has 3 unspecified atom stereocenters. The molecular formula is C48H95NO4. The number of allylic oxidation sites excluding steroid dienone is 2. The zero-order valence-electron chi connectivity index (χ0n) is 35.9. The summed E-state index contributed by atoms with van der Waals surface area (Å²) in [4.78, 5) is 12.4. The maximum absolute atomic E-state index is 12.4. The molecule has 0 saturated carbocycles. The highest BCUT2D eigenvalue weighted by molar-refractivity contribution is 5.76. The number of aliphatic hydroxyl groups excluding tert-OH is 3. The molecule has 0 saturated heterocycles. The van der Waals surface area contributed by atoms with Gasteiger partial charge in [-0.1, -0.05) is 231 Å². The van der Waals surface area contributed by atoms with Gasteiger partial charge in [-0.15, -0.1) is 0 Å². The lowest BCUT2D eigenvalue weighted by molar-refractivity contribution is -0.124. The van der Waals surface area contributed by atoms with Gasteiger partial charge in [-0.05, 0) is 38.5 Å². The van der Waals surface area contributed by atoms with Crippen LogP contribution in [0.3, 0.4) is 0 Å². The fraction of sp³-hybridized carbons (Fsp3) is 0.938. The molecule has 0 spiro atoms. The van der Waals surface area contributed by atoms with Crippen molar-refractivity contribution >= 4 is 5.91 Å². The molecule has 316 valence electrons. The third-order valence-corrected chi connectivity index (χ3v) is 11.4. The lowest BCUT2D eigenvalue weighted by Crippen LogP contribution is -2.50. The molecule has 0 heterocycles. The van der Waals surface area contributed by atoms with Crippen LogP contribution in [0, 0.1) is 0 Å². The van der Waals surface area contributed by atoms with Crippen molar-refractivity contribution in [2.45, 2.75) is 283 Å². The van der Waals surface area contributed by atoms with Gasteiger partial charge in [0.05, 0.1) is 18.8 Å². The Morgan fingerprint density at radius 2 is 0.755 bits per heavy atom. The molecule has 5 heteroatoms. The van der Waals surface area contributed by atoms with E-state index in [0.717, 1.165) is 38.5 Å². The summed E-state index contributed by atoms with van der Waals surface area (Å²) in [6, 6.07) is -0.820. The Hall–Kier alpha value is -0.910. The smallest absolute Gasteiger partial charge is 0.220 e. The molecule has 3 atom stereocenters. The molecule has 0 radical (unpaired) electrons. The molecule has 0 aliphatic heterocycles. The van der Waals surface area contributed by atoms with Gasteiger partial charge in [0.25, 0.3) is 0 Å². The fourth-order valence-corrected chi connectivity index (χ4v) is 7.63. The second kappa shape index (κ2) is 43.8. The van der Waals surface area contributed by atoms with Crippen molar-refractivity contribution in [3.63, 3.8) is 0 Å². The van der Waals surface area contributed by atoms with Gasteiger partial charge < -0.3 is 20.6 Å². The van der Waals surface area contributed by atoms with Gasteiger partial charge in [-0.3, -0.25) is 4.79 Å². The first-order chi connectivity index (χ1) is 26.1. The van der Waals surface area contributed by atoms with Crippen LogP contribution in [0.2, 0.25) is 0 Å². The van der Waals surface area contributed by atoms with Crippen molar-refractivity contribution in [3.8, 4) is 0 Å². The van der Waals surface area contributed by atoms with E-state index in [1.807, 2.05) is 0 Å². The molecule has 1 amide bonds. The molecule has 0 aromatic rings. The fourth-order valence-electron chi connectivity index (χ4n) is 7.63. The van der Waals surface area contributed by atoms with Crippen LogP contribution >= 0.6 is 0 Å². The number of hydrogen-bond acceptors (Lipinski definition) is 4. The van der Waals surface area contributed by atoms with Crippen molar-refractivity contribution in [3.05, 3.63) is 12.2 Å². The third kappa shape index (κ3) is 39.1. The Balaban J connectivity index is 3.46. The molecule has 5 nitrogen and oxygen atoms in total. The van der Waals surface area contributed by atoms with Crippen LogP contribution in [0.25, 0.3) is 0 Å². The Labute approximate surface area is 331 Å². The average molecular weight is 750 g/mol. The predicted molar refractivity (Wildman–Crippen MR) is 232 cm³/mol. The topological polar surface area (TPSA) is 89.8 Å². The van der Waals surface area contributed by atoms with E-state index in [9.17, 15) is 20.1 Å². The molecule has 0 aliphatic carbocycles. The summed E-state index contributed by atoms with van der Waals surface area (Å²) in [5.41, 5.74) is 0. The second-order valence-corrected chi connectivity index (χ2v) is 16.7. The van der Waals surface area contributed by atoms with Crippen LogP contribution in [0.15, 0.2) is 12.2 Å². The van der Waals surface area contributed by atoms with E-state index in [4.69, 9.17) is 0 Å². The van der Waals surface area contributed by atoms with E-state index in [0.29, 0.717) is 12.8 Å². The largest absolute Gasteiger partial charge is 0.394 e. The zero-order valence-corrected chi connectivity index (χ0v) is 35.9. The number of rotatable bonds is 44. The SMILES string of the molecule is CCCCCCC/C=C/CCCC(O)C(O)C(CO)NC(=O)CCCCCCCCCCCCCCCCCCCCCCCCCCCCCCC. The van der Waals surface area contributed by atoms with E-state index in [1.165, 1.54) is 199 Å². The number of unbranched alkanes of at least 4 members (excludes halogenated alkanes) is 34. The average Bonchev–Trinajstić information content (AvgIpc) is 3.16. The monoisotopic (exact) mass is 750 g/mol. The number of amides is 1. The lowest BCUT2D eigenvalue weighted by Gasteiger charge is -2.26. The molecule has 0 rings (SSSR count). The summed E-state index contributed by atoms with van der Waals surface area (Å²) in [7, 11) is 0. The van der Waals surface area contributed by atoms with Crippen molar-refractivity contribution in [1.29, 1.82) is 0 Å². The summed E-state index contributed by atoms with van der Waals surface area (Å²) >= 11 is 0. The van der Waals surface area contributed by atoms with Crippen LogP contribution in [0.1, 0.15) is 264 Å². The highest BCUT2D eigenvalue weighted by atomic mass is 16.3. The van der Waals surface area contributed by atoms with Gasteiger partial charge in [0.1, 0.15) is 6.10 Å². The maximum Gasteiger partial charge on any atom is 0.220 e. The van der Waals surface area contributed by atoms with Gasteiger partial charge in [0.2, 0.25) is 5.91 Å². The molecule has 0 bridgehead atoms. The van der Waals surface area contributed by atoms with E-state index in [-0.39, 0.29) is 12.5 Å². The molecular weight excluding hydrogens is 655 g/mol. The number of carbonyl (C=O) groups excluding carboxylic acids is 1. The summed E-state index contributed by atoms with van der Waals surface area (Å²) < 4.78 is 0. The summed E-state index contributed by atoms with van der Waals surface area (Å²) in [5, 5.41) is 33.4. The van der Waals surface area contributed by atoms with E-state index >= 15 is 0 Å². The molecule has 53 heavy (non-hydrogen) atoms. The van der Waals surface area contributed by atoms with Gasteiger partial charge in [-0.2, -0.15) is 0 Å². The Kier molecular flexibility index (Phi) is 43.1. The second-order valence-electron chi connectivity index (χ2n) is 16.7. The highest BCUT2D eigenvalue weighted by Crippen LogP contribution is 2.17. The maximum atomic E-state index is 12.4. The first-order valence-corrected chi connectivity index (χ1v) is 24.0. The Bertz CT molecular complexity index is 743. The lowest BCUT2D eigenvalue weighted by atomic mass is 10.0. The summed E-state index contributed by atoms with van der Waals surface area (Å²) in [6.45, 7) is 4.15. The first kappa shape index (κ1) is 52.1. The number of carbonyl (C=O) groups is 1. The minimum atomic E-state index is -1.15. The number of nitrogens with one attached hydrogen (secondary N) is 1. The standard InChI is InChI=1S/C48H95NO4/c1-3-5-7-9-11-13-15-16-17-18-19-20-21-22-23-24-25-26-27-28-29-30-31-32-33-35-37-39-41-43-47(52)49-45(44-50)48(53)46(51)42-40-38-36-34-14-12-10-8-6-4-2/h34,36,45-46,48,50-51,53H,3-33,35,37-44H2,1-2H3,(H,49,52)/b36-34+. The molecule has 0 aromatic heterocycles. The predicted octanol–water partition coefficient (Wildman–Crippen LogP) is 14.0. The van der Waals surface area contributed by atoms with Crippen LogP contribution in [0.5, 0.6) is 0 Å². The van der Waals surface area contributed by atoms with Crippen LogP contribution < -0.4 is 5.32 Å². The minimum Gasteiger partial charge on any atom is -0.394 e. The van der Waals surface area contributed by atoms with Crippen LogP contribution in [-0.2, 0) is 4.79 Å². The Morgan fingerprint density at radius 3 is 1.09 bits per heavy atom. The van der Waals surface area contributed by atoms with Crippen LogP contribution in [0.4, 0.5) is 0 Å². The van der Waals surface area contributed by atoms with E-state index in [2.05, 4.69) is 31.3 Å². The number of aliphatic hydroxyl groups is 3. The normalized spacial score (nSPS) is 13.5. The van der Waals surface area contributed by atoms with Crippen LogP contribution in [-0.4, -0.2) is 46.1 Å². The zero-order chi connectivity index (χ0) is 38.7. The van der Waals surface area contributed by atoms with Crippen molar-refractivity contribution in [1.82, 2.24) is 5.32 Å². The summed E-state index contributed by atoms with van der Waals surface area (Å²) in [5.74, 6) is -0.151. The van der Waals surface area contributed by atoms with Gasteiger partial charge >= 0.3 is 0 Å². The molecule has 4 N–H and O–H groups in total. The quantitative estimate of drug-likeness (QED) is 0.0369. The third-order valence-electron chi connectivity index (χ3n) is 11.4. The highest BCUT2D eigenvalue weighted by Gasteiger charge is 2.26. The molecule has 0 aromatic carbocycles.